The molecule has 1 saturated heterocycles. The Labute approximate surface area is 172 Å². The number of hydrogen-bond acceptors (Lipinski definition) is 4. The second kappa shape index (κ2) is 8.66. The van der Waals surface area contributed by atoms with Gasteiger partial charge >= 0.3 is 0 Å². The van der Waals surface area contributed by atoms with E-state index in [-0.39, 0.29) is 23.8 Å². The number of benzene rings is 1. The second-order valence-corrected chi connectivity index (χ2v) is 8.67. The summed E-state index contributed by atoms with van der Waals surface area (Å²) in [5.41, 5.74) is 2.47. The van der Waals surface area contributed by atoms with Gasteiger partial charge in [-0.15, -0.1) is 0 Å². The molecule has 0 atom stereocenters. The van der Waals surface area contributed by atoms with Crippen LogP contribution in [-0.4, -0.2) is 55.2 Å². The van der Waals surface area contributed by atoms with Crippen LogP contribution in [0.2, 0.25) is 0 Å². The zero-order chi connectivity index (χ0) is 20.4. The van der Waals surface area contributed by atoms with Gasteiger partial charge in [0.25, 0.3) is 5.91 Å². The number of carbonyl (C=O) groups is 3. The molecule has 1 N–H and O–H groups in total. The molecule has 0 spiro atoms. The van der Waals surface area contributed by atoms with Gasteiger partial charge in [0.05, 0.1) is 13.0 Å². The van der Waals surface area contributed by atoms with E-state index in [0.29, 0.717) is 24.3 Å². The van der Waals surface area contributed by atoms with Crippen LogP contribution >= 0.6 is 0 Å². The quantitative estimate of drug-likeness (QED) is 0.829. The number of Topliss-reactive ketones (excluding diaryl/α,β-unsaturated/α-hetero) is 1. The molecule has 6 heteroatoms. The lowest BCUT2D eigenvalue weighted by atomic mass is 9.86. The molecule has 29 heavy (non-hydrogen) atoms. The zero-order valence-electron chi connectivity index (χ0n) is 17.3. The number of piperidine rings is 1. The number of nitrogens with zero attached hydrogens (tertiary/aromatic N) is 2. The predicted molar refractivity (Wildman–Crippen MR) is 112 cm³/mol. The van der Waals surface area contributed by atoms with Crippen molar-refractivity contribution in [3.8, 4) is 0 Å². The number of carbonyl (C=O) groups excluding carboxylic acids is 3. The second-order valence-electron chi connectivity index (χ2n) is 8.67. The van der Waals surface area contributed by atoms with Crippen molar-refractivity contribution in [3.63, 3.8) is 0 Å². The lowest BCUT2D eigenvalue weighted by molar-refractivity contribution is -0.125. The van der Waals surface area contributed by atoms with Gasteiger partial charge < -0.3 is 10.2 Å². The molecule has 6 nitrogen and oxygen atoms in total. The molecule has 3 aliphatic rings. The molecule has 2 fully saturated rings. The molecule has 0 unspecified atom stereocenters. The van der Waals surface area contributed by atoms with Crippen molar-refractivity contribution in [2.24, 2.45) is 5.92 Å². The standard InChI is InChI=1S/C23H31N3O3/c1-24-23(29)17-7-8-20-18(13-17)14-22(28)26(20)19-9-11-25(12-10-19)15-21(27)16-5-3-2-4-6-16/h7-8,13,16,19H,2-6,9-12,14-15H2,1H3,(H,24,29). The minimum absolute atomic E-state index is 0.116. The Morgan fingerprint density at radius 1 is 1.07 bits per heavy atom. The third kappa shape index (κ3) is 4.22. The predicted octanol–water partition coefficient (Wildman–Crippen LogP) is 2.55. The fraction of sp³-hybridized carbons (Fsp3) is 0.609. The topological polar surface area (TPSA) is 69.7 Å². The van der Waals surface area contributed by atoms with Crippen molar-refractivity contribution >= 4 is 23.3 Å². The smallest absolute Gasteiger partial charge is 0.251 e. The van der Waals surface area contributed by atoms with Crippen LogP contribution in [0.15, 0.2) is 18.2 Å². The average molecular weight is 398 g/mol. The van der Waals surface area contributed by atoms with Crippen LogP contribution < -0.4 is 10.2 Å². The molecule has 0 radical (unpaired) electrons. The highest BCUT2D eigenvalue weighted by Crippen LogP contribution is 2.34. The molecular weight excluding hydrogens is 366 g/mol. The van der Waals surface area contributed by atoms with Crippen LogP contribution in [0.5, 0.6) is 0 Å². The molecule has 2 amide bonds. The number of anilines is 1. The summed E-state index contributed by atoms with van der Waals surface area (Å²) in [6.07, 6.45) is 7.91. The van der Waals surface area contributed by atoms with E-state index in [0.717, 1.165) is 50.0 Å². The maximum atomic E-state index is 12.7. The fourth-order valence-electron chi connectivity index (χ4n) is 5.14. The van der Waals surface area contributed by atoms with Crippen LogP contribution in [0.25, 0.3) is 0 Å². The molecule has 156 valence electrons. The summed E-state index contributed by atoms with van der Waals surface area (Å²) in [7, 11) is 1.61. The van der Waals surface area contributed by atoms with E-state index < -0.39 is 0 Å². The Hall–Kier alpha value is -2.21. The molecule has 2 heterocycles. The summed E-state index contributed by atoms with van der Waals surface area (Å²) < 4.78 is 0. The lowest BCUT2D eigenvalue weighted by Crippen LogP contribution is -2.48. The summed E-state index contributed by atoms with van der Waals surface area (Å²) >= 11 is 0. The van der Waals surface area contributed by atoms with Crippen molar-refractivity contribution in [2.75, 3.05) is 31.6 Å². The van der Waals surface area contributed by atoms with Crippen molar-refractivity contribution in [1.82, 2.24) is 10.2 Å². The van der Waals surface area contributed by atoms with Crippen LogP contribution in [0.3, 0.4) is 0 Å². The molecule has 0 bridgehead atoms. The minimum atomic E-state index is -0.130. The number of likely N-dealkylation sites (tertiary alicyclic amines) is 1. The molecule has 1 saturated carbocycles. The van der Waals surface area contributed by atoms with Crippen molar-refractivity contribution in [1.29, 1.82) is 0 Å². The van der Waals surface area contributed by atoms with E-state index >= 15 is 0 Å². The molecule has 1 aromatic carbocycles. The summed E-state index contributed by atoms with van der Waals surface area (Å²) in [5.74, 6) is 0.663. The van der Waals surface area contributed by atoms with Gasteiger partial charge in [-0.1, -0.05) is 19.3 Å². The Morgan fingerprint density at radius 3 is 2.48 bits per heavy atom. The van der Waals surface area contributed by atoms with Crippen molar-refractivity contribution in [2.45, 2.75) is 57.4 Å². The molecular formula is C23H31N3O3. The number of fused-ring (bicyclic) bond motifs is 1. The number of amides is 2. The highest BCUT2D eigenvalue weighted by molar-refractivity contribution is 6.03. The van der Waals surface area contributed by atoms with Crippen LogP contribution in [0, 0.1) is 5.92 Å². The van der Waals surface area contributed by atoms with Gasteiger partial charge in [-0.3, -0.25) is 19.3 Å². The van der Waals surface area contributed by atoms with Crippen LogP contribution in [-0.2, 0) is 16.0 Å². The van der Waals surface area contributed by atoms with Gasteiger partial charge in [0.15, 0.2) is 0 Å². The van der Waals surface area contributed by atoms with Gasteiger partial charge in [-0.25, -0.2) is 0 Å². The highest BCUT2D eigenvalue weighted by atomic mass is 16.2. The summed E-state index contributed by atoms with van der Waals surface area (Å²) in [5, 5.41) is 2.63. The van der Waals surface area contributed by atoms with E-state index in [2.05, 4.69) is 10.2 Å². The average Bonchev–Trinajstić information content (AvgIpc) is 3.09. The van der Waals surface area contributed by atoms with Gasteiger partial charge in [0, 0.05) is 43.3 Å². The number of rotatable bonds is 5. The lowest BCUT2D eigenvalue weighted by Gasteiger charge is -2.37. The first-order chi connectivity index (χ1) is 14.1. The Bertz CT molecular complexity index is 793. The number of nitrogens with one attached hydrogen (secondary N) is 1. The molecule has 4 rings (SSSR count). The fourth-order valence-corrected chi connectivity index (χ4v) is 5.14. The first-order valence-corrected chi connectivity index (χ1v) is 11.0. The molecule has 1 aliphatic carbocycles. The SMILES string of the molecule is CNC(=O)c1ccc2c(c1)CC(=O)N2C1CCN(CC(=O)C2CCCCC2)CC1. The number of ketones is 1. The monoisotopic (exact) mass is 397 g/mol. The van der Waals surface area contributed by atoms with Gasteiger partial charge in [0.2, 0.25) is 5.91 Å². The maximum absolute atomic E-state index is 12.7. The first-order valence-electron chi connectivity index (χ1n) is 11.0. The Kier molecular flexibility index (Phi) is 5.99. The third-order valence-corrected chi connectivity index (χ3v) is 6.80. The Morgan fingerprint density at radius 2 is 1.79 bits per heavy atom. The van der Waals surface area contributed by atoms with Crippen LogP contribution in [0.1, 0.15) is 60.9 Å². The van der Waals surface area contributed by atoms with Gasteiger partial charge in [-0.2, -0.15) is 0 Å². The zero-order valence-corrected chi connectivity index (χ0v) is 17.3. The minimum Gasteiger partial charge on any atom is -0.355 e. The molecule has 0 aromatic heterocycles. The summed E-state index contributed by atoms with van der Waals surface area (Å²) in [6.45, 7) is 2.29. The maximum Gasteiger partial charge on any atom is 0.251 e. The van der Waals surface area contributed by atoms with Crippen molar-refractivity contribution in [3.05, 3.63) is 29.3 Å². The summed E-state index contributed by atoms with van der Waals surface area (Å²) in [4.78, 5) is 41.4. The first kappa shape index (κ1) is 20.1. The van der Waals surface area contributed by atoms with Gasteiger partial charge in [-0.05, 0) is 49.4 Å². The highest BCUT2D eigenvalue weighted by Gasteiger charge is 2.35. The molecule has 1 aromatic rings. The van der Waals surface area contributed by atoms with E-state index in [9.17, 15) is 14.4 Å². The molecule has 2 aliphatic heterocycles. The van der Waals surface area contributed by atoms with Gasteiger partial charge in [0.1, 0.15) is 5.78 Å². The van der Waals surface area contributed by atoms with E-state index in [4.69, 9.17) is 0 Å². The van der Waals surface area contributed by atoms with Crippen LogP contribution in [0.4, 0.5) is 5.69 Å². The number of hydrogen-bond donors (Lipinski definition) is 1. The van der Waals surface area contributed by atoms with Crippen molar-refractivity contribution < 1.29 is 14.4 Å². The van der Waals surface area contributed by atoms with E-state index in [1.165, 1.54) is 19.3 Å². The van der Waals surface area contributed by atoms with E-state index in [1.54, 1.807) is 13.1 Å². The summed E-state index contributed by atoms with van der Waals surface area (Å²) in [6, 6.07) is 5.71. The largest absolute Gasteiger partial charge is 0.355 e. The van der Waals surface area contributed by atoms with E-state index in [1.807, 2.05) is 17.0 Å². The Balaban J connectivity index is 1.36. The normalized spacial score (nSPS) is 21.3. The third-order valence-electron chi connectivity index (χ3n) is 6.80.